The van der Waals surface area contributed by atoms with Gasteiger partial charge in [-0.05, 0) is 36.6 Å². The predicted octanol–water partition coefficient (Wildman–Crippen LogP) is 3.30. The Morgan fingerprint density at radius 2 is 1.90 bits per heavy atom. The number of rotatable bonds is 5. The molecule has 3 N–H and O–H groups in total. The zero-order valence-corrected chi connectivity index (χ0v) is 12.6. The Balaban J connectivity index is 2.46. The maximum absolute atomic E-state index is 14.1. The van der Waals surface area contributed by atoms with Crippen molar-refractivity contribution < 1.29 is 9.50 Å². The monoisotopic (exact) mass is 307 g/mol. The number of halogens is 2. The lowest BCUT2D eigenvalue weighted by Crippen LogP contribution is -2.46. The van der Waals surface area contributed by atoms with Crippen molar-refractivity contribution in [2.24, 2.45) is 5.73 Å². The maximum atomic E-state index is 14.1. The van der Waals surface area contributed by atoms with Gasteiger partial charge in [0, 0.05) is 17.0 Å². The lowest BCUT2D eigenvalue weighted by molar-refractivity contribution is 0.0995. The molecule has 2 aromatic rings. The van der Waals surface area contributed by atoms with Crippen molar-refractivity contribution >= 4 is 11.6 Å². The number of hydrogen-bond donors (Lipinski definition) is 2. The van der Waals surface area contributed by atoms with Crippen LogP contribution in [-0.4, -0.2) is 17.8 Å². The van der Waals surface area contributed by atoms with Crippen LogP contribution < -0.4 is 5.73 Å². The molecule has 2 rings (SSSR count). The normalized spacial score (nSPS) is 15.5. The maximum Gasteiger partial charge on any atom is 0.127 e. The molecule has 0 bridgehead atoms. The third-order valence-electron chi connectivity index (χ3n) is 4.03. The van der Waals surface area contributed by atoms with E-state index in [9.17, 15) is 9.50 Å². The van der Waals surface area contributed by atoms with Gasteiger partial charge in [-0.15, -0.1) is 0 Å². The van der Waals surface area contributed by atoms with Crippen LogP contribution in [0.1, 0.15) is 18.1 Å². The summed E-state index contributed by atoms with van der Waals surface area (Å²) < 4.78 is 14.1. The zero-order valence-electron chi connectivity index (χ0n) is 11.9. The fourth-order valence-corrected chi connectivity index (χ4v) is 2.79. The van der Waals surface area contributed by atoms with Crippen LogP contribution >= 0.6 is 11.6 Å². The van der Waals surface area contributed by atoms with Crippen LogP contribution in [0.2, 0.25) is 5.02 Å². The topological polar surface area (TPSA) is 46.2 Å². The van der Waals surface area contributed by atoms with Gasteiger partial charge in [0.05, 0.1) is 6.10 Å². The number of benzene rings is 2. The Morgan fingerprint density at radius 3 is 2.43 bits per heavy atom. The largest absolute Gasteiger partial charge is 0.392 e. The molecule has 0 aliphatic heterocycles. The first-order valence-corrected chi connectivity index (χ1v) is 7.25. The number of nitrogens with two attached hydrogens (primary N) is 1. The molecular formula is C17H19ClFNO. The van der Waals surface area contributed by atoms with Crippen LogP contribution in [0.4, 0.5) is 4.39 Å². The number of hydrogen-bond acceptors (Lipinski definition) is 2. The van der Waals surface area contributed by atoms with Gasteiger partial charge in [-0.1, -0.05) is 48.0 Å². The molecule has 0 aromatic heterocycles. The quantitative estimate of drug-likeness (QED) is 0.890. The van der Waals surface area contributed by atoms with E-state index in [1.807, 2.05) is 30.3 Å². The number of aliphatic hydroxyl groups excluding tert-OH is 1. The van der Waals surface area contributed by atoms with Crippen LogP contribution in [0.5, 0.6) is 0 Å². The molecule has 112 valence electrons. The molecule has 0 aliphatic rings. The smallest absolute Gasteiger partial charge is 0.127 e. The minimum Gasteiger partial charge on any atom is -0.392 e. The average Bonchev–Trinajstić information content (AvgIpc) is 2.47. The third-order valence-corrected chi connectivity index (χ3v) is 4.27. The minimum atomic E-state index is -0.726. The summed E-state index contributed by atoms with van der Waals surface area (Å²) in [6.45, 7) is 1.91. The van der Waals surface area contributed by atoms with Crippen molar-refractivity contribution in [2.75, 3.05) is 6.54 Å². The third kappa shape index (κ3) is 3.26. The van der Waals surface area contributed by atoms with E-state index in [-0.39, 0.29) is 12.4 Å². The van der Waals surface area contributed by atoms with Gasteiger partial charge in [0.15, 0.2) is 0 Å². The van der Waals surface area contributed by atoms with E-state index in [4.69, 9.17) is 17.3 Å². The second kappa shape index (κ2) is 6.56. The summed E-state index contributed by atoms with van der Waals surface area (Å²) in [6, 6.07) is 14.1. The highest BCUT2D eigenvalue weighted by molar-refractivity contribution is 6.30. The van der Waals surface area contributed by atoms with Crippen molar-refractivity contribution in [3.63, 3.8) is 0 Å². The Morgan fingerprint density at radius 1 is 1.24 bits per heavy atom. The first-order valence-electron chi connectivity index (χ1n) is 6.87. The molecule has 0 radical (unpaired) electrons. The van der Waals surface area contributed by atoms with E-state index in [1.165, 1.54) is 6.07 Å². The zero-order chi connectivity index (χ0) is 15.5. The van der Waals surface area contributed by atoms with Crippen molar-refractivity contribution in [3.05, 3.63) is 70.5 Å². The van der Waals surface area contributed by atoms with Gasteiger partial charge in [-0.3, -0.25) is 0 Å². The van der Waals surface area contributed by atoms with Gasteiger partial charge in [-0.2, -0.15) is 0 Å². The summed E-state index contributed by atoms with van der Waals surface area (Å²) in [5, 5.41) is 10.6. The Kier molecular flexibility index (Phi) is 4.99. The van der Waals surface area contributed by atoms with Crippen molar-refractivity contribution in [2.45, 2.75) is 24.9 Å². The van der Waals surface area contributed by atoms with Crippen LogP contribution in [0, 0.1) is 5.82 Å². The highest BCUT2D eigenvalue weighted by Gasteiger charge is 2.36. The van der Waals surface area contributed by atoms with Crippen LogP contribution in [0.15, 0.2) is 48.5 Å². The first kappa shape index (κ1) is 16.0. The summed E-state index contributed by atoms with van der Waals surface area (Å²) in [5.74, 6) is -0.378. The minimum absolute atomic E-state index is 0.219. The molecule has 2 unspecified atom stereocenters. The molecule has 0 saturated carbocycles. The summed E-state index contributed by atoms with van der Waals surface area (Å²) >= 11 is 5.79. The summed E-state index contributed by atoms with van der Waals surface area (Å²) in [7, 11) is 0. The lowest BCUT2D eigenvalue weighted by Gasteiger charge is -2.36. The van der Waals surface area contributed by atoms with Crippen molar-refractivity contribution in [1.29, 1.82) is 0 Å². The molecule has 0 saturated heterocycles. The van der Waals surface area contributed by atoms with Crippen molar-refractivity contribution in [3.8, 4) is 0 Å². The highest BCUT2D eigenvalue weighted by atomic mass is 35.5. The van der Waals surface area contributed by atoms with E-state index >= 15 is 0 Å². The lowest BCUT2D eigenvalue weighted by atomic mass is 9.71. The molecule has 0 aliphatic carbocycles. The van der Waals surface area contributed by atoms with Crippen molar-refractivity contribution in [1.82, 2.24) is 0 Å². The Hall–Kier alpha value is -1.42. The first-order chi connectivity index (χ1) is 9.99. The molecule has 2 atom stereocenters. The van der Waals surface area contributed by atoms with E-state index in [1.54, 1.807) is 19.1 Å². The van der Waals surface area contributed by atoms with E-state index in [0.717, 1.165) is 5.56 Å². The van der Waals surface area contributed by atoms with Gasteiger partial charge < -0.3 is 10.8 Å². The molecule has 21 heavy (non-hydrogen) atoms. The molecule has 2 aromatic carbocycles. The predicted molar refractivity (Wildman–Crippen MR) is 84.0 cm³/mol. The second-order valence-electron chi connectivity index (χ2n) is 5.31. The highest BCUT2D eigenvalue weighted by Crippen LogP contribution is 2.32. The van der Waals surface area contributed by atoms with Gasteiger partial charge in [0.2, 0.25) is 0 Å². The molecule has 4 heteroatoms. The molecule has 0 spiro atoms. The second-order valence-corrected chi connectivity index (χ2v) is 5.75. The van der Waals surface area contributed by atoms with E-state index in [2.05, 4.69) is 0 Å². The molecular weight excluding hydrogens is 289 g/mol. The Labute approximate surface area is 129 Å². The molecule has 0 heterocycles. The number of aliphatic hydroxyl groups is 1. The Bertz CT molecular complexity index is 603. The van der Waals surface area contributed by atoms with E-state index in [0.29, 0.717) is 17.0 Å². The van der Waals surface area contributed by atoms with Gasteiger partial charge in [0.25, 0.3) is 0 Å². The fourth-order valence-electron chi connectivity index (χ4n) is 2.63. The standard InChI is InChI=1S/C17H19ClFNO/c1-12(21)17(11-20,14-5-3-2-4-6-14)10-13-7-8-15(18)9-16(13)19/h2-9,12,21H,10-11,20H2,1H3. The van der Waals surface area contributed by atoms with Crippen LogP contribution in [0.3, 0.4) is 0 Å². The molecule has 2 nitrogen and oxygen atoms in total. The van der Waals surface area contributed by atoms with E-state index < -0.39 is 11.5 Å². The van der Waals surface area contributed by atoms with Gasteiger partial charge in [0.1, 0.15) is 5.82 Å². The van der Waals surface area contributed by atoms with Gasteiger partial charge in [-0.25, -0.2) is 4.39 Å². The molecule has 0 amide bonds. The SMILES string of the molecule is CC(O)C(CN)(Cc1ccc(Cl)cc1F)c1ccccc1. The average molecular weight is 308 g/mol. The molecule has 0 fully saturated rings. The summed E-state index contributed by atoms with van der Waals surface area (Å²) in [6.07, 6.45) is -0.395. The van der Waals surface area contributed by atoms with Gasteiger partial charge >= 0.3 is 0 Å². The van der Waals surface area contributed by atoms with Crippen LogP contribution in [0.25, 0.3) is 0 Å². The summed E-state index contributed by atoms with van der Waals surface area (Å²) in [4.78, 5) is 0. The summed E-state index contributed by atoms with van der Waals surface area (Å²) in [5.41, 5.74) is 6.63. The van der Waals surface area contributed by atoms with Crippen LogP contribution in [-0.2, 0) is 11.8 Å². The fraction of sp³-hybridized carbons (Fsp3) is 0.294.